The summed E-state index contributed by atoms with van der Waals surface area (Å²) < 4.78 is 56.2. The van der Waals surface area contributed by atoms with E-state index in [-0.39, 0.29) is 6.61 Å². The molecular formula is C37H46F3N5O3. The third kappa shape index (κ3) is 7.62. The summed E-state index contributed by atoms with van der Waals surface area (Å²) in [5, 5.41) is 0.734. The highest BCUT2D eigenvalue weighted by atomic mass is 19.4. The van der Waals surface area contributed by atoms with Crippen LogP contribution in [-0.2, 0) is 27.2 Å². The highest BCUT2D eigenvalue weighted by molar-refractivity contribution is 5.95. The number of nitrogens with zero attached hydrogens (tertiary/aromatic N) is 5. The third-order valence-electron chi connectivity index (χ3n) is 9.70. The first-order valence-corrected chi connectivity index (χ1v) is 16.9. The Morgan fingerprint density at radius 2 is 1.85 bits per heavy atom. The fraction of sp³-hybridized carbons (Fsp3) is 0.541. The van der Waals surface area contributed by atoms with Gasteiger partial charge in [0.15, 0.2) is 0 Å². The van der Waals surface area contributed by atoms with Crippen molar-refractivity contribution < 1.29 is 27.4 Å². The molecule has 1 saturated heterocycles. The minimum Gasteiger partial charge on any atom is -0.465 e. The van der Waals surface area contributed by atoms with Gasteiger partial charge in [-0.1, -0.05) is 26.0 Å². The minimum atomic E-state index is -4.48. The zero-order valence-corrected chi connectivity index (χ0v) is 28.6. The van der Waals surface area contributed by atoms with Gasteiger partial charge in [-0.25, -0.2) is 0 Å². The molecule has 0 amide bonds. The number of carbonyl (C=O) groups excluding carboxylic acids is 1. The molecule has 3 aliphatic rings. The molecule has 2 fully saturated rings. The van der Waals surface area contributed by atoms with E-state index < -0.39 is 30.2 Å². The van der Waals surface area contributed by atoms with E-state index in [9.17, 15) is 18.0 Å². The number of aromatic nitrogens is 2. The summed E-state index contributed by atoms with van der Waals surface area (Å²) in [4.78, 5) is 26.0. The summed E-state index contributed by atoms with van der Waals surface area (Å²) in [7, 11) is 1.59. The molecule has 1 atom stereocenters. The number of dihydropyridines is 1. The standard InChI is InChI=1S/C37H46F3N5O3/c1-24(47-5)34-31(18-29(21-42-34)44-15-13-43(14-16-44)28-9-10-28)35-32(19-36(3,4)23-48-25(2)46)30-17-26(27-7-6-12-41-20-27)8-11-33(30)45(35)22-37(38,39)40/h7-8,11-12,17-18,21,24,28H,6,9-10,13-16,19-20,22-23H2,1-5H3/t24-/m0/s1. The van der Waals surface area contributed by atoms with Crippen molar-refractivity contribution in [2.24, 2.45) is 10.4 Å². The maximum absolute atomic E-state index is 14.5. The molecule has 11 heteroatoms. The molecule has 258 valence electrons. The summed E-state index contributed by atoms with van der Waals surface area (Å²) in [5.74, 6) is -0.398. The van der Waals surface area contributed by atoms with E-state index in [0.717, 1.165) is 54.0 Å². The number of halogens is 3. The van der Waals surface area contributed by atoms with Crippen LogP contribution in [0.25, 0.3) is 27.7 Å². The smallest absolute Gasteiger partial charge is 0.406 e. The average molecular weight is 666 g/mol. The van der Waals surface area contributed by atoms with Crippen LogP contribution in [0.2, 0.25) is 0 Å². The number of fused-ring (bicyclic) bond motifs is 1. The molecular weight excluding hydrogens is 619 g/mol. The van der Waals surface area contributed by atoms with Gasteiger partial charge in [0.25, 0.3) is 0 Å². The van der Waals surface area contributed by atoms with Gasteiger partial charge in [-0.3, -0.25) is 19.7 Å². The van der Waals surface area contributed by atoms with E-state index in [1.165, 1.54) is 24.3 Å². The number of allylic oxidation sites excluding steroid dienone is 1. The fourth-order valence-electron chi connectivity index (χ4n) is 7.03. The Morgan fingerprint density at radius 1 is 1.10 bits per heavy atom. The van der Waals surface area contributed by atoms with Gasteiger partial charge in [-0.15, -0.1) is 0 Å². The number of anilines is 1. The number of aliphatic imine (C=N–C) groups is 1. The molecule has 6 rings (SSSR count). The van der Waals surface area contributed by atoms with Crippen LogP contribution in [0.4, 0.5) is 18.9 Å². The lowest BCUT2D eigenvalue weighted by Gasteiger charge is -2.36. The van der Waals surface area contributed by atoms with E-state index in [4.69, 9.17) is 14.5 Å². The SMILES string of the molecule is CO[C@@H](C)c1ncc(N2CCN(C3CC3)CC2)cc1-c1c(CC(C)(C)COC(C)=O)c2cc(C3=CCC=NC3)ccc2n1CC(F)(F)F. The van der Waals surface area contributed by atoms with E-state index in [2.05, 4.69) is 20.9 Å². The van der Waals surface area contributed by atoms with Crippen LogP contribution in [0.5, 0.6) is 0 Å². The normalized spacial score (nSPS) is 18.3. The van der Waals surface area contributed by atoms with E-state index in [1.54, 1.807) is 13.2 Å². The lowest BCUT2D eigenvalue weighted by Crippen LogP contribution is -2.47. The number of methoxy groups -OCH3 is 1. The van der Waals surface area contributed by atoms with Crippen molar-refractivity contribution in [2.75, 3.05) is 51.3 Å². The molecule has 2 aliphatic heterocycles. The summed E-state index contributed by atoms with van der Waals surface area (Å²) in [5.41, 5.74) is 5.18. The lowest BCUT2D eigenvalue weighted by molar-refractivity contribution is -0.144. The van der Waals surface area contributed by atoms with Crippen molar-refractivity contribution in [3.63, 3.8) is 0 Å². The Labute approximate surface area is 280 Å². The molecule has 4 heterocycles. The van der Waals surface area contributed by atoms with E-state index in [1.807, 2.05) is 51.4 Å². The fourth-order valence-corrected chi connectivity index (χ4v) is 7.03. The molecule has 3 aromatic rings. The minimum absolute atomic E-state index is 0.123. The van der Waals surface area contributed by atoms with Crippen molar-refractivity contribution in [3.05, 3.63) is 53.4 Å². The highest BCUT2D eigenvalue weighted by Crippen LogP contribution is 2.43. The maximum Gasteiger partial charge on any atom is 0.406 e. The van der Waals surface area contributed by atoms with Crippen LogP contribution < -0.4 is 4.90 Å². The number of esters is 1. The quantitative estimate of drug-likeness (QED) is 0.201. The van der Waals surface area contributed by atoms with E-state index >= 15 is 0 Å². The first-order chi connectivity index (χ1) is 22.8. The van der Waals surface area contributed by atoms with Crippen LogP contribution in [0.1, 0.15) is 69.9 Å². The number of benzene rings is 1. The van der Waals surface area contributed by atoms with Gasteiger partial charge in [0, 0.05) is 80.8 Å². The van der Waals surface area contributed by atoms with Crippen molar-refractivity contribution in [1.82, 2.24) is 14.5 Å². The van der Waals surface area contributed by atoms with Gasteiger partial charge < -0.3 is 18.9 Å². The van der Waals surface area contributed by atoms with Crippen LogP contribution >= 0.6 is 0 Å². The Morgan fingerprint density at radius 3 is 2.48 bits per heavy atom. The molecule has 8 nitrogen and oxygen atoms in total. The summed E-state index contributed by atoms with van der Waals surface area (Å²) in [6, 6.07) is 8.39. The Kier molecular flexibility index (Phi) is 9.73. The number of alkyl halides is 3. The molecule has 0 bridgehead atoms. The maximum atomic E-state index is 14.5. The third-order valence-corrected chi connectivity index (χ3v) is 9.70. The number of ether oxygens (including phenoxy) is 2. The molecule has 2 aromatic heterocycles. The molecule has 0 radical (unpaired) electrons. The molecule has 1 aliphatic carbocycles. The second-order valence-corrected chi connectivity index (χ2v) is 14.1. The number of pyridine rings is 1. The number of hydrogen-bond acceptors (Lipinski definition) is 7. The van der Waals surface area contributed by atoms with Crippen LogP contribution in [0.15, 0.2) is 41.5 Å². The summed E-state index contributed by atoms with van der Waals surface area (Å²) in [6.07, 6.45) is 4.43. The number of rotatable bonds is 11. The van der Waals surface area contributed by atoms with Crippen molar-refractivity contribution in [3.8, 4) is 11.3 Å². The molecule has 0 N–H and O–H groups in total. The van der Waals surface area contributed by atoms with Gasteiger partial charge in [-0.2, -0.15) is 13.2 Å². The van der Waals surface area contributed by atoms with Gasteiger partial charge in [0.05, 0.1) is 42.5 Å². The largest absolute Gasteiger partial charge is 0.465 e. The van der Waals surface area contributed by atoms with Gasteiger partial charge in [0.1, 0.15) is 6.54 Å². The second-order valence-electron chi connectivity index (χ2n) is 14.1. The molecule has 1 aromatic carbocycles. The van der Waals surface area contributed by atoms with Crippen molar-refractivity contribution in [1.29, 1.82) is 0 Å². The number of piperazine rings is 1. The summed E-state index contributed by atoms with van der Waals surface area (Å²) >= 11 is 0. The topological polar surface area (TPSA) is 72.2 Å². The highest BCUT2D eigenvalue weighted by Gasteiger charge is 2.36. The molecule has 48 heavy (non-hydrogen) atoms. The Balaban J connectivity index is 1.56. The monoisotopic (exact) mass is 665 g/mol. The summed E-state index contributed by atoms with van der Waals surface area (Å²) in [6.45, 7) is 10.2. The zero-order valence-electron chi connectivity index (χ0n) is 28.6. The average Bonchev–Trinajstić information content (AvgIpc) is 3.88. The number of carbonyl (C=O) groups is 1. The number of hydrogen-bond donors (Lipinski definition) is 0. The van der Waals surface area contributed by atoms with Crippen molar-refractivity contribution >= 4 is 34.3 Å². The molecule has 1 saturated carbocycles. The van der Waals surface area contributed by atoms with Crippen LogP contribution in [0.3, 0.4) is 0 Å². The molecule has 0 spiro atoms. The Hall–Kier alpha value is -3.70. The van der Waals surface area contributed by atoms with Gasteiger partial charge in [0.2, 0.25) is 0 Å². The van der Waals surface area contributed by atoms with Crippen LogP contribution in [-0.4, -0.2) is 85.3 Å². The van der Waals surface area contributed by atoms with Gasteiger partial charge in [-0.05, 0) is 61.1 Å². The van der Waals surface area contributed by atoms with E-state index in [0.29, 0.717) is 47.9 Å². The predicted octanol–water partition coefficient (Wildman–Crippen LogP) is 7.25. The predicted molar refractivity (Wildman–Crippen MR) is 184 cm³/mol. The lowest BCUT2D eigenvalue weighted by atomic mass is 9.84. The first-order valence-electron chi connectivity index (χ1n) is 16.9. The Bertz CT molecular complexity index is 1710. The first kappa shape index (κ1) is 34.2. The second kappa shape index (κ2) is 13.7. The van der Waals surface area contributed by atoms with Gasteiger partial charge >= 0.3 is 12.1 Å². The zero-order chi connectivity index (χ0) is 34.2. The van der Waals surface area contributed by atoms with Crippen LogP contribution in [0, 0.1) is 5.41 Å². The molecule has 0 unspecified atom stereocenters. The van der Waals surface area contributed by atoms with Crippen molar-refractivity contribution in [2.45, 2.75) is 78.2 Å².